The molecule has 1 aliphatic rings. The number of anilines is 1. The summed E-state index contributed by atoms with van der Waals surface area (Å²) in [6, 6.07) is 8.04. The van der Waals surface area contributed by atoms with E-state index in [1.54, 1.807) is 17.0 Å². The summed E-state index contributed by atoms with van der Waals surface area (Å²) in [6.45, 7) is 11.3. The molecule has 0 spiro atoms. The van der Waals surface area contributed by atoms with E-state index in [9.17, 15) is 14.0 Å². The van der Waals surface area contributed by atoms with Crippen LogP contribution in [-0.2, 0) is 5.41 Å². The van der Waals surface area contributed by atoms with Crippen LogP contribution in [0.1, 0.15) is 61.1 Å². The topological polar surface area (TPSA) is 113 Å². The van der Waals surface area contributed by atoms with Gasteiger partial charge in [0, 0.05) is 49.2 Å². The molecule has 5 rings (SSSR count). The molecule has 40 heavy (non-hydrogen) atoms. The van der Waals surface area contributed by atoms with Crippen molar-refractivity contribution in [3.8, 4) is 11.3 Å². The maximum absolute atomic E-state index is 14.2. The number of fused-ring (bicyclic) bond motifs is 1. The average Bonchev–Trinajstić information content (AvgIpc) is 3.32. The molecular formula is C29H29ClFN5O4. The number of carboxylic acid groups (broad SMARTS) is 1. The van der Waals surface area contributed by atoms with Gasteiger partial charge >= 0.3 is 5.97 Å². The maximum Gasteiger partial charge on any atom is 0.338 e. The number of hydrogen-bond donors (Lipinski definition) is 1. The fourth-order valence-corrected chi connectivity index (χ4v) is 5.04. The number of amides is 1. The van der Waals surface area contributed by atoms with Crippen molar-refractivity contribution in [2.75, 3.05) is 24.5 Å². The molecule has 1 aliphatic heterocycles. The Balaban J connectivity index is 1.46. The van der Waals surface area contributed by atoms with Crippen LogP contribution in [0.15, 0.2) is 47.1 Å². The van der Waals surface area contributed by atoms with Gasteiger partial charge in [-0.2, -0.15) is 0 Å². The number of rotatable bonds is 4. The zero-order valence-corrected chi connectivity index (χ0v) is 23.6. The van der Waals surface area contributed by atoms with Crippen molar-refractivity contribution in [3.63, 3.8) is 0 Å². The lowest BCUT2D eigenvalue weighted by Gasteiger charge is -2.46. The van der Waals surface area contributed by atoms with Gasteiger partial charge in [0.05, 0.1) is 21.8 Å². The molecule has 0 saturated carbocycles. The van der Waals surface area contributed by atoms with Gasteiger partial charge in [-0.3, -0.25) is 4.79 Å². The molecule has 4 heterocycles. The van der Waals surface area contributed by atoms with Crippen LogP contribution in [0.3, 0.4) is 0 Å². The highest BCUT2D eigenvalue weighted by Gasteiger charge is 2.39. The summed E-state index contributed by atoms with van der Waals surface area (Å²) in [5, 5.41) is 9.14. The standard InChI is InChI=1S/C29H29ClFN5O4/c1-28(2,3)18-11-21(16-6-7-19(30)20(31)10-16)34-22-12-23(40-24(18)22)25(37)36-9-8-35(15-29(36,4)5)27-32-13-17(14-33-27)26(38)39/h6-7,10-14H,8-9,15H2,1-5H3,(H,38,39). The monoisotopic (exact) mass is 565 g/mol. The van der Waals surface area contributed by atoms with Gasteiger partial charge in [0.25, 0.3) is 5.91 Å². The number of aromatic carboxylic acids is 1. The number of aromatic nitrogens is 3. The lowest BCUT2D eigenvalue weighted by atomic mass is 9.86. The molecule has 11 heteroatoms. The minimum atomic E-state index is -1.09. The van der Waals surface area contributed by atoms with Crippen molar-refractivity contribution in [3.05, 3.63) is 70.5 Å². The van der Waals surface area contributed by atoms with Gasteiger partial charge in [-0.15, -0.1) is 0 Å². The van der Waals surface area contributed by atoms with Crippen LogP contribution >= 0.6 is 11.6 Å². The summed E-state index contributed by atoms with van der Waals surface area (Å²) < 4.78 is 20.4. The van der Waals surface area contributed by atoms with Gasteiger partial charge in [-0.1, -0.05) is 38.4 Å². The van der Waals surface area contributed by atoms with E-state index >= 15 is 0 Å². The smallest absolute Gasteiger partial charge is 0.338 e. The summed E-state index contributed by atoms with van der Waals surface area (Å²) >= 11 is 5.88. The fraction of sp³-hybridized carbons (Fsp3) is 0.345. The van der Waals surface area contributed by atoms with E-state index in [1.165, 1.54) is 24.5 Å². The van der Waals surface area contributed by atoms with E-state index in [1.807, 2.05) is 45.6 Å². The molecule has 3 aromatic heterocycles. The quantitative estimate of drug-likeness (QED) is 0.330. The summed E-state index contributed by atoms with van der Waals surface area (Å²) in [5.41, 5.74) is 2.02. The maximum atomic E-state index is 14.2. The van der Waals surface area contributed by atoms with Gasteiger partial charge in [0.15, 0.2) is 11.3 Å². The highest BCUT2D eigenvalue weighted by atomic mass is 35.5. The molecule has 1 N–H and O–H groups in total. The first-order valence-corrected chi connectivity index (χ1v) is 13.1. The van der Waals surface area contributed by atoms with Crippen LogP contribution in [-0.4, -0.2) is 62.0 Å². The summed E-state index contributed by atoms with van der Waals surface area (Å²) in [7, 11) is 0. The third kappa shape index (κ3) is 5.11. The Morgan fingerprint density at radius 3 is 2.40 bits per heavy atom. The molecular weight excluding hydrogens is 537 g/mol. The zero-order chi connectivity index (χ0) is 29.0. The second-order valence-electron chi connectivity index (χ2n) is 11.5. The molecule has 0 aliphatic carbocycles. The van der Waals surface area contributed by atoms with Crippen LogP contribution in [0.25, 0.3) is 22.4 Å². The van der Waals surface area contributed by atoms with Crippen LogP contribution in [0.4, 0.5) is 10.3 Å². The summed E-state index contributed by atoms with van der Waals surface area (Å²) in [6.07, 6.45) is 2.55. The van der Waals surface area contributed by atoms with E-state index in [4.69, 9.17) is 26.1 Å². The molecule has 1 amide bonds. The summed E-state index contributed by atoms with van der Waals surface area (Å²) in [5.74, 6) is -1.34. The van der Waals surface area contributed by atoms with Crippen LogP contribution in [0, 0.1) is 5.82 Å². The Morgan fingerprint density at radius 2 is 1.80 bits per heavy atom. The minimum Gasteiger partial charge on any atom is -0.478 e. The number of pyridine rings is 1. The third-order valence-electron chi connectivity index (χ3n) is 7.03. The highest BCUT2D eigenvalue weighted by molar-refractivity contribution is 6.30. The second kappa shape index (κ2) is 9.85. The molecule has 9 nitrogen and oxygen atoms in total. The van der Waals surface area contributed by atoms with Gasteiger partial charge in [0.2, 0.25) is 5.95 Å². The number of nitrogens with zero attached hydrogens (tertiary/aromatic N) is 5. The lowest BCUT2D eigenvalue weighted by Crippen LogP contribution is -2.61. The van der Waals surface area contributed by atoms with Gasteiger partial charge in [-0.05, 0) is 37.5 Å². The predicted molar refractivity (Wildman–Crippen MR) is 149 cm³/mol. The molecule has 0 atom stereocenters. The van der Waals surface area contributed by atoms with Gasteiger partial charge in [0.1, 0.15) is 11.3 Å². The fourth-order valence-electron chi connectivity index (χ4n) is 4.92. The molecule has 208 valence electrons. The van der Waals surface area contributed by atoms with E-state index in [0.29, 0.717) is 47.9 Å². The Kier molecular flexibility index (Phi) is 6.78. The number of furan rings is 1. The molecule has 4 aromatic rings. The van der Waals surface area contributed by atoms with Gasteiger partial charge < -0.3 is 19.3 Å². The lowest BCUT2D eigenvalue weighted by molar-refractivity contribution is 0.0482. The van der Waals surface area contributed by atoms with E-state index < -0.39 is 17.3 Å². The molecule has 0 bridgehead atoms. The van der Waals surface area contributed by atoms with Crippen molar-refractivity contribution in [2.45, 2.75) is 45.6 Å². The molecule has 1 aromatic carbocycles. The van der Waals surface area contributed by atoms with Gasteiger partial charge in [-0.25, -0.2) is 24.1 Å². The van der Waals surface area contributed by atoms with Crippen molar-refractivity contribution < 1.29 is 23.5 Å². The highest BCUT2D eigenvalue weighted by Crippen LogP contribution is 2.36. The number of carbonyl (C=O) groups excluding carboxylic acids is 1. The predicted octanol–water partition coefficient (Wildman–Crippen LogP) is 5.81. The Hall–Kier alpha value is -4.05. The second-order valence-corrected chi connectivity index (χ2v) is 11.9. The van der Waals surface area contributed by atoms with Crippen molar-refractivity contribution in [1.29, 1.82) is 0 Å². The molecule has 0 radical (unpaired) electrons. The number of benzene rings is 1. The largest absolute Gasteiger partial charge is 0.478 e. The normalized spacial score (nSPS) is 15.5. The number of carbonyl (C=O) groups is 2. The van der Waals surface area contributed by atoms with Crippen molar-refractivity contribution >= 4 is 40.5 Å². The van der Waals surface area contributed by atoms with E-state index in [-0.39, 0.29) is 27.7 Å². The number of hydrogen-bond acceptors (Lipinski definition) is 7. The first-order valence-electron chi connectivity index (χ1n) is 12.8. The average molecular weight is 566 g/mol. The summed E-state index contributed by atoms with van der Waals surface area (Å²) in [4.78, 5) is 41.7. The number of halogens is 2. The minimum absolute atomic E-state index is 0.00861. The molecule has 1 saturated heterocycles. The number of piperazine rings is 1. The van der Waals surface area contributed by atoms with Crippen LogP contribution < -0.4 is 4.90 Å². The van der Waals surface area contributed by atoms with E-state index in [0.717, 1.165) is 5.56 Å². The van der Waals surface area contributed by atoms with Crippen LogP contribution in [0.2, 0.25) is 5.02 Å². The van der Waals surface area contributed by atoms with Crippen molar-refractivity contribution in [1.82, 2.24) is 19.9 Å². The van der Waals surface area contributed by atoms with Crippen molar-refractivity contribution in [2.24, 2.45) is 0 Å². The van der Waals surface area contributed by atoms with E-state index in [2.05, 4.69) is 9.97 Å². The first kappa shape index (κ1) is 27.5. The Bertz CT molecular complexity index is 1630. The molecule has 1 fully saturated rings. The molecule has 0 unspecified atom stereocenters. The first-order chi connectivity index (χ1) is 18.7. The number of carboxylic acids is 1. The zero-order valence-electron chi connectivity index (χ0n) is 22.8. The Morgan fingerprint density at radius 1 is 1.10 bits per heavy atom. The van der Waals surface area contributed by atoms with Crippen LogP contribution in [0.5, 0.6) is 0 Å². The Labute approximate surface area is 235 Å². The SMILES string of the molecule is CC(C)(C)c1cc(-c2ccc(Cl)c(F)c2)nc2cc(C(=O)N3CCN(c4ncc(C(=O)O)cn4)CC3(C)C)oc12. The third-order valence-corrected chi connectivity index (χ3v) is 7.33.